The van der Waals surface area contributed by atoms with Crippen molar-refractivity contribution in [1.82, 2.24) is 25.3 Å². The van der Waals surface area contributed by atoms with Gasteiger partial charge in [-0.25, -0.2) is 0 Å². The standard InChI is InChI=1S/C20H29ClN6O/c1-15(2)14-26-10-12-27(13-11-26)20(22-3)23-9-8-18-24-19(25-28-18)16-4-6-17(21)7-5-16/h4-7,15H,8-14H2,1-3H3,(H,22,23). The smallest absolute Gasteiger partial charge is 0.228 e. The molecule has 8 heteroatoms. The van der Waals surface area contributed by atoms with E-state index in [-0.39, 0.29) is 0 Å². The van der Waals surface area contributed by atoms with E-state index in [0.29, 0.717) is 35.6 Å². The van der Waals surface area contributed by atoms with E-state index in [1.165, 1.54) is 0 Å². The minimum atomic E-state index is 0.581. The van der Waals surface area contributed by atoms with Crippen molar-refractivity contribution in [1.29, 1.82) is 0 Å². The summed E-state index contributed by atoms with van der Waals surface area (Å²) in [6, 6.07) is 7.41. The number of aromatic nitrogens is 2. The second-order valence-corrected chi connectivity index (χ2v) is 7.86. The first kappa shape index (κ1) is 20.6. The summed E-state index contributed by atoms with van der Waals surface area (Å²) in [5, 5.41) is 8.15. The van der Waals surface area contributed by atoms with Crippen LogP contribution in [0, 0.1) is 5.92 Å². The van der Waals surface area contributed by atoms with E-state index >= 15 is 0 Å². The van der Waals surface area contributed by atoms with Crippen LogP contribution in [0.2, 0.25) is 5.02 Å². The van der Waals surface area contributed by atoms with Crippen LogP contribution in [0.1, 0.15) is 19.7 Å². The molecular formula is C20H29ClN6O. The maximum atomic E-state index is 5.92. The van der Waals surface area contributed by atoms with Gasteiger partial charge in [-0.3, -0.25) is 9.89 Å². The quantitative estimate of drug-likeness (QED) is 0.589. The second-order valence-electron chi connectivity index (χ2n) is 7.42. The van der Waals surface area contributed by atoms with E-state index in [4.69, 9.17) is 16.1 Å². The van der Waals surface area contributed by atoms with Gasteiger partial charge in [0.05, 0.1) is 0 Å². The van der Waals surface area contributed by atoms with Crippen molar-refractivity contribution < 1.29 is 4.52 Å². The number of nitrogens with zero attached hydrogens (tertiary/aromatic N) is 5. The highest BCUT2D eigenvalue weighted by Crippen LogP contribution is 2.18. The zero-order valence-electron chi connectivity index (χ0n) is 16.9. The summed E-state index contributed by atoms with van der Waals surface area (Å²) in [5.41, 5.74) is 0.891. The van der Waals surface area contributed by atoms with Crippen LogP contribution in [-0.2, 0) is 6.42 Å². The van der Waals surface area contributed by atoms with Crippen LogP contribution in [0.25, 0.3) is 11.4 Å². The van der Waals surface area contributed by atoms with Gasteiger partial charge in [0.15, 0.2) is 5.96 Å². The summed E-state index contributed by atoms with van der Waals surface area (Å²) in [4.78, 5) is 13.7. The van der Waals surface area contributed by atoms with E-state index in [9.17, 15) is 0 Å². The Morgan fingerprint density at radius 2 is 1.93 bits per heavy atom. The number of halogens is 1. The number of hydrogen-bond donors (Lipinski definition) is 1. The highest BCUT2D eigenvalue weighted by Gasteiger charge is 2.20. The minimum absolute atomic E-state index is 0.581. The second kappa shape index (κ2) is 9.89. The maximum absolute atomic E-state index is 5.92. The summed E-state index contributed by atoms with van der Waals surface area (Å²) in [6.45, 7) is 10.5. The average Bonchev–Trinajstić information content (AvgIpc) is 3.15. The molecule has 7 nitrogen and oxygen atoms in total. The fraction of sp³-hybridized carbons (Fsp3) is 0.550. The normalized spacial score (nSPS) is 16.0. The van der Waals surface area contributed by atoms with E-state index in [1.54, 1.807) is 0 Å². The molecule has 1 fully saturated rings. The van der Waals surface area contributed by atoms with Crippen LogP contribution in [0.3, 0.4) is 0 Å². The fourth-order valence-electron chi connectivity index (χ4n) is 3.34. The predicted octanol–water partition coefficient (Wildman–Crippen LogP) is 2.78. The van der Waals surface area contributed by atoms with E-state index in [2.05, 4.69) is 44.1 Å². The van der Waals surface area contributed by atoms with Crippen molar-refractivity contribution in [3.8, 4) is 11.4 Å². The lowest BCUT2D eigenvalue weighted by atomic mass is 10.2. The molecule has 0 aliphatic carbocycles. The Hall–Kier alpha value is -2.12. The van der Waals surface area contributed by atoms with Gasteiger partial charge in [-0.15, -0.1) is 0 Å². The van der Waals surface area contributed by atoms with Gasteiger partial charge in [-0.05, 0) is 30.2 Å². The summed E-state index contributed by atoms with van der Waals surface area (Å²) >= 11 is 5.92. The van der Waals surface area contributed by atoms with Crippen LogP contribution >= 0.6 is 11.6 Å². The lowest BCUT2D eigenvalue weighted by molar-refractivity contribution is 0.164. The molecule has 1 aliphatic heterocycles. The number of piperazine rings is 1. The molecule has 28 heavy (non-hydrogen) atoms. The molecule has 0 bridgehead atoms. The molecular weight excluding hydrogens is 376 g/mol. The molecule has 2 aromatic rings. The number of benzene rings is 1. The lowest BCUT2D eigenvalue weighted by Crippen LogP contribution is -2.53. The average molecular weight is 405 g/mol. The molecule has 3 rings (SSSR count). The Labute approximate surface area is 171 Å². The van der Waals surface area contributed by atoms with Crippen molar-refractivity contribution in [2.75, 3.05) is 46.3 Å². The van der Waals surface area contributed by atoms with Gasteiger partial charge in [0, 0.05) is 63.3 Å². The maximum Gasteiger partial charge on any atom is 0.228 e. The first-order valence-corrected chi connectivity index (χ1v) is 10.2. The highest BCUT2D eigenvalue weighted by molar-refractivity contribution is 6.30. The Bertz CT molecular complexity index is 765. The number of aliphatic imine (C=N–C) groups is 1. The van der Waals surface area contributed by atoms with Crippen LogP contribution < -0.4 is 5.32 Å². The minimum Gasteiger partial charge on any atom is -0.356 e. The van der Waals surface area contributed by atoms with E-state index in [1.807, 2.05) is 31.3 Å². The largest absolute Gasteiger partial charge is 0.356 e. The van der Waals surface area contributed by atoms with Crippen molar-refractivity contribution in [2.24, 2.45) is 10.9 Å². The Kier molecular flexibility index (Phi) is 7.28. The molecule has 0 amide bonds. The van der Waals surface area contributed by atoms with Crippen molar-refractivity contribution >= 4 is 17.6 Å². The molecule has 0 saturated carbocycles. The zero-order chi connectivity index (χ0) is 19.9. The van der Waals surface area contributed by atoms with Crippen LogP contribution in [0.15, 0.2) is 33.8 Å². The number of nitrogens with one attached hydrogen (secondary N) is 1. The van der Waals surface area contributed by atoms with Crippen LogP contribution in [-0.4, -0.2) is 72.2 Å². The highest BCUT2D eigenvalue weighted by atomic mass is 35.5. The van der Waals surface area contributed by atoms with Gasteiger partial charge >= 0.3 is 0 Å². The molecule has 1 aliphatic rings. The van der Waals surface area contributed by atoms with Crippen molar-refractivity contribution in [3.05, 3.63) is 35.2 Å². The molecule has 0 unspecified atom stereocenters. The Morgan fingerprint density at radius 1 is 1.21 bits per heavy atom. The summed E-state index contributed by atoms with van der Waals surface area (Å²) < 4.78 is 5.37. The van der Waals surface area contributed by atoms with Gasteiger partial charge in [0.1, 0.15) is 0 Å². The zero-order valence-corrected chi connectivity index (χ0v) is 17.6. The van der Waals surface area contributed by atoms with Gasteiger partial charge < -0.3 is 14.7 Å². The van der Waals surface area contributed by atoms with Gasteiger partial charge in [0.25, 0.3) is 0 Å². The van der Waals surface area contributed by atoms with Gasteiger partial charge in [0.2, 0.25) is 11.7 Å². The van der Waals surface area contributed by atoms with Crippen LogP contribution in [0.4, 0.5) is 0 Å². The van der Waals surface area contributed by atoms with E-state index in [0.717, 1.165) is 44.2 Å². The Balaban J connectivity index is 1.46. The number of guanidine groups is 1. The molecule has 0 spiro atoms. The Morgan fingerprint density at radius 3 is 2.57 bits per heavy atom. The SMILES string of the molecule is CN=C(NCCc1nc(-c2ccc(Cl)cc2)no1)N1CCN(CC(C)C)CC1. The van der Waals surface area contributed by atoms with Crippen LogP contribution in [0.5, 0.6) is 0 Å². The molecule has 1 N–H and O–H groups in total. The summed E-state index contributed by atoms with van der Waals surface area (Å²) in [6.07, 6.45) is 0.646. The number of rotatable bonds is 6. The molecule has 2 heterocycles. The molecule has 152 valence electrons. The molecule has 1 aromatic heterocycles. The summed E-state index contributed by atoms with van der Waals surface area (Å²) in [7, 11) is 1.83. The third-order valence-electron chi connectivity index (χ3n) is 4.70. The lowest BCUT2D eigenvalue weighted by Gasteiger charge is -2.37. The van der Waals surface area contributed by atoms with Gasteiger partial charge in [-0.1, -0.05) is 30.6 Å². The van der Waals surface area contributed by atoms with E-state index < -0.39 is 0 Å². The third-order valence-corrected chi connectivity index (χ3v) is 4.95. The molecule has 0 atom stereocenters. The third kappa shape index (κ3) is 5.69. The van der Waals surface area contributed by atoms with Gasteiger partial charge in [-0.2, -0.15) is 4.98 Å². The first-order chi connectivity index (χ1) is 13.5. The monoisotopic (exact) mass is 404 g/mol. The topological polar surface area (TPSA) is 69.8 Å². The molecule has 1 aromatic carbocycles. The first-order valence-electron chi connectivity index (χ1n) is 9.81. The van der Waals surface area contributed by atoms with Crippen molar-refractivity contribution in [2.45, 2.75) is 20.3 Å². The fourth-order valence-corrected chi connectivity index (χ4v) is 3.47. The summed E-state index contributed by atoms with van der Waals surface area (Å²) in [5.74, 6) is 2.82. The molecule has 0 radical (unpaired) electrons. The van der Waals surface area contributed by atoms with Crippen molar-refractivity contribution in [3.63, 3.8) is 0 Å². The molecule has 1 saturated heterocycles. The predicted molar refractivity (Wildman–Crippen MR) is 113 cm³/mol. The number of hydrogen-bond acceptors (Lipinski definition) is 5.